The number of carbonyl (C=O) groups is 1. The van der Waals surface area contributed by atoms with E-state index in [1.165, 1.54) is 10.6 Å². The molecular weight excluding hydrogens is 278 g/mol. The largest absolute Gasteiger partial charge is 0.356 e. The molecule has 20 heavy (non-hydrogen) atoms. The van der Waals surface area contributed by atoms with Gasteiger partial charge in [0, 0.05) is 45.6 Å². The Balaban J connectivity index is 1.98. The Labute approximate surface area is 120 Å². The van der Waals surface area contributed by atoms with Gasteiger partial charge >= 0.3 is 0 Å². The van der Waals surface area contributed by atoms with E-state index < -0.39 is 10.0 Å². The molecule has 1 aromatic heterocycles. The van der Waals surface area contributed by atoms with E-state index in [-0.39, 0.29) is 11.9 Å². The molecule has 0 N–H and O–H groups in total. The monoisotopic (exact) mass is 299 g/mol. The first-order valence-electron chi connectivity index (χ1n) is 6.63. The molecule has 0 bridgehead atoms. The summed E-state index contributed by atoms with van der Waals surface area (Å²) in [4.78, 5) is 14.0. The summed E-state index contributed by atoms with van der Waals surface area (Å²) in [5.41, 5.74) is 0.667. The molecule has 1 aromatic rings. The zero-order valence-corrected chi connectivity index (χ0v) is 12.9. The first kappa shape index (κ1) is 15.1. The number of hydrogen-bond donors (Lipinski definition) is 0. The van der Waals surface area contributed by atoms with E-state index in [4.69, 9.17) is 0 Å². The highest BCUT2D eigenvalue weighted by Gasteiger charge is 2.29. The highest BCUT2D eigenvalue weighted by atomic mass is 32.2. The van der Waals surface area contributed by atoms with Crippen molar-refractivity contribution >= 4 is 15.9 Å². The van der Waals surface area contributed by atoms with Crippen LogP contribution < -0.4 is 0 Å². The molecule has 0 aromatic carbocycles. The Morgan fingerprint density at radius 3 is 2.40 bits per heavy atom. The van der Waals surface area contributed by atoms with E-state index in [1.807, 2.05) is 17.8 Å². The van der Waals surface area contributed by atoms with E-state index in [1.54, 1.807) is 24.2 Å². The average molecular weight is 299 g/mol. The summed E-state index contributed by atoms with van der Waals surface area (Å²) in [6.45, 7) is 0.964. The molecule has 2 heterocycles. The van der Waals surface area contributed by atoms with Gasteiger partial charge in [0.25, 0.3) is 5.91 Å². The molecule has 0 atom stereocenters. The minimum atomic E-state index is -3.12. The molecule has 7 heteroatoms. The third-order valence-corrected chi connectivity index (χ3v) is 5.14. The molecule has 6 nitrogen and oxygen atoms in total. The summed E-state index contributed by atoms with van der Waals surface area (Å²) >= 11 is 0. The van der Waals surface area contributed by atoms with Gasteiger partial charge in [-0.05, 0) is 18.9 Å². The lowest BCUT2D eigenvalue weighted by Crippen LogP contribution is -2.46. The van der Waals surface area contributed by atoms with E-state index in [9.17, 15) is 13.2 Å². The second-order valence-electron chi connectivity index (χ2n) is 5.37. The van der Waals surface area contributed by atoms with E-state index in [2.05, 4.69) is 0 Å². The van der Waals surface area contributed by atoms with Crippen molar-refractivity contribution in [3.8, 4) is 0 Å². The van der Waals surface area contributed by atoms with Gasteiger partial charge < -0.3 is 9.47 Å². The van der Waals surface area contributed by atoms with Gasteiger partial charge in [-0.15, -0.1) is 0 Å². The van der Waals surface area contributed by atoms with E-state index >= 15 is 0 Å². The number of aromatic nitrogens is 1. The Morgan fingerprint density at radius 2 is 1.95 bits per heavy atom. The molecule has 0 aliphatic carbocycles. The van der Waals surface area contributed by atoms with Crippen LogP contribution in [-0.2, 0) is 17.1 Å². The number of sulfonamides is 1. The zero-order valence-electron chi connectivity index (χ0n) is 12.1. The topological polar surface area (TPSA) is 62.6 Å². The van der Waals surface area contributed by atoms with Crippen molar-refractivity contribution in [2.75, 3.05) is 26.4 Å². The zero-order chi connectivity index (χ0) is 14.9. The quantitative estimate of drug-likeness (QED) is 0.817. The van der Waals surface area contributed by atoms with Crippen LogP contribution in [0, 0.1) is 0 Å². The highest BCUT2D eigenvalue weighted by molar-refractivity contribution is 7.88. The molecule has 2 rings (SSSR count). The lowest BCUT2D eigenvalue weighted by molar-refractivity contribution is 0.0682. The number of rotatable bonds is 3. The minimum Gasteiger partial charge on any atom is -0.356 e. The van der Waals surface area contributed by atoms with Gasteiger partial charge in [-0.1, -0.05) is 0 Å². The van der Waals surface area contributed by atoms with Crippen molar-refractivity contribution in [3.63, 3.8) is 0 Å². The van der Waals surface area contributed by atoms with Gasteiger partial charge in [0.05, 0.1) is 11.8 Å². The summed E-state index contributed by atoms with van der Waals surface area (Å²) in [5, 5.41) is 0. The molecule has 1 fully saturated rings. The van der Waals surface area contributed by atoms with Crippen molar-refractivity contribution in [1.82, 2.24) is 13.8 Å². The van der Waals surface area contributed by atoms with Crippen molar-refractivity contribution in [2.24, 2.45) is 7.05 Å². The van der Waals surface area contributed by atoms with Gasteiger partial charge in [0.2, 0.25) is 10.0 Å². The van der Waals surface area contributed by atoms with Crippen LogP contribution >= 0.6 is 0 Å². The number of nitrogens with zero attached hydrogens (tertiary/aromatic N) is 3. The number of hydrogen-bond acceptors (Lipinski definition) is 3. The highest BCUT2D eigenvalue weighted by Crippen LogP contribution is 2.19. The van der Waals surface area contributed by atoms with Gasteiger partial charge in [0.15, 0.2) is 0 Å². The second-order valence-corrected chi connectivity index (χ2v) is 7.36. The van der Waals surface area contributed by atoms with Crippen LogP contribution in [0.2, 0.25) is 0 Å². The maximum atomic E-state index is 12.3. The van der Waals surface area contributed by atoms with Crippen LogP contribution in [0.3, 0.4) is 0 Å². The summed E-state index contributed by atoms with van der Waals surface area (Å²) in [6, 6.07) is 1.89. The molecule has 0 radical (unpaired) electrons. The van der Waals surface area contributed by atoms with Crippen LogP contribution in [0.1, 0.15) is 23.2 Å². The maximum absolute atomic E-state index is 12.3. The first-order valence-corrected chi connectivity index (χ1v) is 8.48. The van der Waals surface area contributed by atoms with Crippen molar-refractivity contribution < 1.29 is 13.2 Å². The molecule has 1 saturated heterocycles. The molecule has 0 saturated carbocycles. The van der Waals surface area contributed by atoms with Crippen molar-refractivity contribution in [2.45, 2.75) is 18.9 Å². The van der Waals surface area contributed by atoms with Crippen LogP contribution in [0.5, 0.6) is 0 Å². The molecule has 112 valence electrons. The third kappa shape index (κ3) is 3.21. The van der Waals surface area contributed by atoms with Gasteiger partial charge in [-0.25, -0.2) is 12.7 Å². The lowest BCUT2D eigenvalue weighted by Gasteiger charge is -2.35. The number of aryl methyl sites for hydroxylation is 1. The van der Waals surface area contributed by atoms with Crippen molar-refractivity contribution in [3.05, 3.63) is 24.0 Å². The summed E-state index contributed by atoms with van der Waals surface area (Å²) in [5.74, 6) is -0.0107. The fraction of sp³-hybridized carbons (Fsp3) is 0.615. The predicted octanol–water partition coefficient (Wildman–Crippen LogP) is 0.521. The smallest absolute Gasteiger partial charge is 0.255 e. The van der Waals surface area contributed by atoms with E-state index in [0.717, 1.165) is 0 Å². The van der Waals surface area contributed by atoms with E-state index in [0.29, 0.717) is 31.5 Å². The number of carbonyl (C=O) groups excluding carboxylic acids is 1. The van der Waals surface area contributed by atoms with Crippen LogP contribution in [0.25, 0.3) is 0 Å². The Hall–Kier alpha value is -1.34. The molecule has 1 aliphatic heterocycles. The minimum absolute atomic E-state index is 0.0107. The summed E-state index contributed by atoms with van der Waals surface area (Å²) < 4.78 is 26.2. The lowest BCUT2D eigenvalue weighted by atomic mass is 10.0. The van der Waals surface area contributed by atoms with Crippen LogP contribution in [0.15, 0.2) is 18.5 Å². The van der Waals surface area contributed by atoms with Crippen LogP contribution in [0.4, 0.5) is 0 Å². The summed E-state index contributed by atoms with van der Waals surface area (Å²) in [7, 11) is 0.547. The fourth-order valence-corrected chi connectivity index (χ4v) is 3.43. The first-order chi connectivity index (χ1) is 9.29. The third-order valence-electron chi connectivity index (χ3n) is 3.84. The second kappa shape index (κ2) is 5.57. The van der Waals surface area contributed by atoms with Gasteiger partial charge in [-0.3, -0.25) is 4.79 Å². The SMILES string of the molecule is CN(C(=O)c1ccn(C)c1)C1CCN(S(C)(=O)=O)CC1. The predicted molar refractivity (Wildman–Crippen MR) is 76.9 cm³/mol. The Bertz CT molecular complexity index is 586. The average Bonchev–Trinajstić information content (AvgIpc) is 2.83. The van der Waals surface area contributed by atoms with Crippen LogP contribution in [-0.4, -0.2) is 60.5 Å². The van der Waals surface area contributed by atoms with Gasteiger partial charge in [-0.2, -0.15) is 0 Å². The molecular formula is C13H21N3O3S. The van der Waals surface area contributed by atoms with Crippen molar-refractivity contribution in [1.29, 1.82) is 0 Å². The van der Waals surface area contributed by atoms with Gasteiger partial charge in [0.1, 0.15) is 0 Å². The fourth-order valence-electron chi connectivity index (χ4n) is 2.56. The number of amides is 1. The molecule has 1 amide bonds. The molecule has 0 spiro atoms. The maximum Gasteiger partial charge on any atom is 0.255 e. The molecule has 1 aliphatic rings. The normalized spacial score (nSPS) is 18.1. The Morgan fingerprint density at radius 1 is 1.35 bits per heavy atom. The molecule has 0 unspecified atom stereocenters. The standard InChI is InChI=1S/C13H21N3O3S/c1-14-7-4-11(10-14)13(17)15(2)12-5-8-16(9-6-12)20(3,18)19/h4,7,10,12H,5-6,8-9H2,1-3H3. The number of piperidine rings is 1. The summed E-state index contributed by atoms with van der Waals surface area (Å²) in [6.07, 6.45) is 6.23. The Kier molecular flexibility index (Phi) is 4.19.